The molecule has 0 atom stereocenters. The van der Waals surface area contributed by atoms with E-state index in [0.717, 1.165) is 9.15 Å². The number of hydrogen-bond donors (Lipinski definition) is 1. The Morgan fingerprint density at radius 1 is 1.44 bits per heavy atom. The third kappa shape index (κ3) is 2.51. The van der Waals surface area contributed by atoms with Crippen LogP contribution in [0, 0.1) is 0 Å². The molecule has 94 valence electrons. The first-order valence-corrected chi connectivity index (χ1v) is 6.03. The van der Waals surface area contributed by atoms with Crippen molar-refractivity contribution in [3.8, 4) is 5.69 Å². The normalized spacial score (nSPS) is 10.3. The number of aromatic amines is 1. The first-order chi connectivity index (χ1) is 8.61. The lowest BCUT2D eigenvalue weighted by Crippen LogP contribution is -2.15. The van der Waals surface area contributed by atoms with Crippen molar-refractivity contribution in [2.45, 2.75) is 6.92 Å². The van der Waals surface area contributed by atoms with Crippen molar-refractivity contribution in [3.63, 3.8) is 0 Å². The summed E-state index contributed by atoms with van der Waals surface area (Å²) >= 11 is 3.30. The largest absolute Gasteiger partial charge is 0.460 e. The average Bonchev–Trinajstić information content (AvgIpc) is 2.73. The molecular formula is C11H10BrN3O3. The Balaban J connectivity index is 2.38. The highest BCUT2D eigenvalue weighted by Crippen LogP contribution is 2.12. The van der Waals surface area contributed by atoms with Gasteiger partial charge in [-0.05, 0) is 31.2 Å². The quantitative estimate of drug-likeness (QED) is 0.871. The Morgan fingerprint density at radius 2 is 2.11 bits per heavy atom. The van der Waals surface area contributed by atoms with E-state index in [1.165, 1.54) is 0 Å². The predicted molar refractivity (Wildman–Crippen MR) is 67.8 cm³/mol. The van der Waals surface area contributed by atoms with E-state index >= 15 is 0 Å². The van der Waals surface area contributed by atoms with Gasteiger partial charge in [0.2, 0.25) is 5.82 Å². The Morgan fingerprint density at radius 3 is 2.72 bits per heavy atom. The molecule has 0 radical (unpaired) electrons. The highest BCUT2D eigenvalue weighted by molar-refractivity contribution is 9.10. The van der Waals surface area contributed by atoms with Gasteiger partial charge in [0.1, 0.15) is 0 Å². The molecule has 1 heterocycles. The molecule has 7 heteroatoms. The summed E-state index contributed by atoms with van der Waals surface area (Å²) in [4.78, 5) is 25.4. The zero-order chi connectivity index (χ0) is 13.1. The smallest absolute Gasteiger partial charge is 0.376 e. The topological polar surface area (TPSA) is 77.0 Å². The molecule has 0 bridgehead atoms. The molecule has 0 amide bonds. The molecule has 0 unspecified atom stereocenters. The Hall–Kier alpha value is -1.89. The molecule has 1 aromatic carbocycles. The van der Waals surface area contributed by atoms with Crippen LogP contribution in [0.2, 0.25) is 0 Å². The van der Waals surface area contributed by atoms with Crippen LogP contribution in [-0.4, -0.2) is 27.3 Å². The molecule has 0 saturated heterocycles. The molecule has 0 spiro atoms. The van der Waals surface area contributed by atoms with Crippen molar-refractivity contribution in [2.75, 3.05) is 6.61 Å². The number of halogens is 1. The monoisotopic (exact) mass is 311 g/mol. The van der Waals surface area contributed by atoms with Crippen molar-refractivity contribution in [3.05, 3.63) is 45.0 Å². The number of rotatable bonds is 3. The molecule has 0 fully saturated rings. The average molecular weight is 312 g/mol. The van der Waals surface area contributed by atoms with E-state index in [1.54, 1.807) is 31.2 Å². The van der Waals surface area contributed by atoms with Gasteiger partial charge in [0.15, 0.2) is 0 Å². The molecule has 1 N–H and O–H groups in total. The van der Waals surface area contributed by atoms with Crippen LogP contribution in [0.3, 0.4) is 0 Å². The minimum absolute atomic E-state index is 0.107. The third-order valence-electron chi connectivity index (χ3n) is 2.16. The lowest BCUT2D eigenvalue weighted by atomic mass is 10.3. The lowest BCUT2D eigenvalue weighted by molar-refractivity contribution is 0.0512. The summed E-state index contributed by atoms with van der Waals surface area (Å²) in [5.74, 6) is -0.754. The van der Waals surface area contributed by atoms with E-state index in [0.29, 0.717) is 5.69 Å². The van der Waals surface area contributed by atoms with Gasteiger partial charge in [0, 0.05) is 4.47 Å². The second kappa shape index (κ2) is 5.18. The van der Waals surface area contributed by atoms with Crippen molar-refractivity contribution in [1.29, 1.82) is 0 Å². The molecular weight excluding hydrogens is 302 g/mol. The van der Waals surface area contributed by atoms with E-state index in [1.807, 2.05) is 0 Å². The SMILES string of the molecule is CCOC(=O)c1nn(-c2ccc(Br)cc2)c(=O)[nH]1. The van der Waals surface area contributed by atoms with Crippen molar-refractivity contribution in [1.82, 2.24) is 14.8 Å². The van der Waals surface area contributed by atoms with Crippen LogP contribution >= 0.6 is 15.9 Å². The maximum Gasteiger partial charge on any atom is 0.376 e. The van der Waals surface area contributed by atoms with Crippen molar-refractivity contribution in [2.24, 2.45) is 0 Å². The van der Waals surface area contributed by atoms with Crippen LogP contribution < -0.4 is 5.69 Å². The number of aromatic nitrogens is 3. The van der Waals surface area contributed by atoms with Gasteiger partial charge in [-0.1, -0.05) is 15.9 Å². The number of nitrogens with one attached hydrogen (secondary N) is 1. The van der Waals surface area contributed by atoms with Gasteiger partial charge in [0.05, 0.1) is 12.3 Å². The van der Waals surface area contributed by atoms with E-state index in [-0.39, 0.29) is 12.4 Å². The molecule has 6 nitrogen and oxygen atoms in total. The number of benzene rings is 1. The number of hydrogen-bond acceptors (Lipinski definition) is 4. The fraction of sp³-hybridized carbons (Fsp3) is 0.182. The van der Waals surface area contributed by atoms with Crippen LogP contribution in [0.15, 0.2) is 33.5 Å². The number of carbonyl (C=O) groups excluding carboxylic acids is 1. The number of ether oxygens (including phenoxy) is 1. The zero-order valence-corrected chi connectivity index (χ0v) is 11.1. The molecule has 2 rings (SSSR count). The van der Waals surface area contributed by atoms with Crippen LogP contribution in [0.5, 0.6) is 0 Å². The van der Waals surface area contributed by atoms with Crippen LogP contribution in [0.25, 0.3) is 5.69 Å². The first-order valence-electron chi connectivity index (χ1n) is 5.24. The Labute approximate surface area is 111 Å². The fourth-order valence-corrected chi connectivity index (χ4v) is 1.64. The molecule has 1 aromatic heterocycles. The van der Waals surface area contributed by atoms with Gasteiger partial charge in [-0.2, -0.15) is 4.68 Å². The van der Waals surface area contributed by atoms with Gasteiger partial charge in [-0.15, -0.1) is 5.10 Å². The fourth-order valence-electron chi connectivity index (χ4n) is 1.37. The summed E-state index contributed by atoms with van der Waals surface area (Å²) in [5.41, 5.74) is 0.0790. The maximum absolute atomic E-state index is 11.7. The summed E-state index contributed by atoms with van der Waals surface area (Å²) in [6, 6.07) is 6.98. The van der Waals surface area contributed by atoms with E-state index in [2.05, 4.69) is 26.0 Å². The van der Waals surface area contributed by atoms with Gasteiger partial charge < -0.3 is 4.74 Å². The Bertz CT molecular complexity index is 615. The number of nitrogens with zero attached hydrogens (tertiary/aromatic N) is 2. The second-order valence-corrected chi connectivity index (χ2v) is 4.30. The third-order valence-corrected chi connectivity index (χ3v) is 2.69. The summed E-state index contributed by atoms with van der Waals surface area (Å²) in [6.45, 7) is 1.91. The molecule has 2 aromatic rings. The molecule has 18 heavy (non-hydrogen) atoms. The van der Waals surface area contributed by atoms with Gasteiger partial charge >= 0.3 is 11.7 Å². The lowest BCUT2D eigenvalue weighted by Gasteiger charge is -1.99. The van der Waals surface area contributed by atoms with Crippen molar-refractivity contribution < 1.29 is 9.53 Å². The predicted octanol–water partition coefficient (Wildman–Crippen LogP) is 1.50. The minimum Gasteiger partial charge on any atom is -0.460 e. The Kier molecular flexibility index (Phi) is 3.61. The zero-order valence-electron chi connectivity index (χ0n) is 9.51. The van der Waals surface area contributed by atoms with E-state index in [9.17, 15) is 9.59 Å². The molecule has 0 aliphatic carbocycles. The highest BCUT2D eigenvalue weighted by Gasteiger charge is 2.14. The standard InChI is InChI=1S/C11H10BrN3O3/c1-2-18-10(16)9-13-11(17)15(14-9)8-5-3-7(12)4-6-8/h3-6H,2H2,1H3,(H,13,14,17). The molecule has 0 aliphatic rings. The highest BCUT2D eigenvalue weighted by atomic mass is 79.9. The number of esters is 1. The number of carbonyl (C=O) groups is 1. The molecule has 0 aliphatic heterocycles. The van der Waals surface area contributed by atoms with Gasteiger partial charge in [-0.25, -0.2) is 9.59 Å². The van der Waals surface area contributed by atoms with Crippen LogP contribution in [0.4, 0.5) is 0 Å². The summed E-state index contributed by atoms with van der Waals surface area (Å²) in [7, 11) is 0. The van der Waals surface area contributed by atoms with Gasteiger partial charge in [0.25, 0.3) is 0 Å². The van der Waals surface area contributed by atoms with Gasteiger partial charge in [-0.3, -0.25) is 4.98 Å². The van der Waals surface area contributed by atoms with Crippen LogP contribution in [-0.2, 0) is 4.74 Å². The summed E-state index contributed by atoms with van der Waals surface area (Å²) < 4.78 is 6.76. The molecule has 0 saturated carbocycles. The summed E-state index contributed by atoms with van der Waals surface area (Å²) in [5, 5.41) is 3.89. The second-order valence-electron chi connectivity index (χ2n) is 3.39. The maximum atomic E-state index is 11.7. The number of H-pyrrole nitrogens is 1. The first kappa shape index (κ1) is 12.6. The van der Waals surface area contributed by atoms with Crippen LogP contribution in [0.1, 0.15) is 17.5 Å². The van der Waals surface area contributed by atoms with Crippen molar-refractivity contribution >= 4 is 21.9 Å². The van der Waals surface area contributed by atoms with E-state index < -0.39 is 11.7 Å². The van der Waals surface area contributed by atoms with E-state index in [4.69, 9.17) is 4.74 Å². The summed E-state index contributed by atoms with van der Waals surface area (Å²) in [6.07, 6.45) is 0. The minimum atomic E-state index is -0.648.